The van der Waals surface area contributed by atoms with Gasteiger partial charge in [0.15, 0.2) is 0 Å². The molecule has 0 heterocycles. The Bertz CT molecular complexity index is 712. The lowest BCUT2D eigenvalue weighted by atomic mass is 10.1. The predicted octanol–water partition coefficient (Wildman–Crippen LogP) is 3.49. The van der Waals surface area contributed by atoms with Gasteiger partial charge in [0.2, 0.25) is 0 Å². The third-order valence-corrected chi connectivity index (χ3v) is 3.78. The first kappa shape index (κ1) is 21.8. The third kappa shape index (κ3) is 7.75. The summed E-state index contributed by atoms with van der Waals surface area (Å²) in [6.07, 6.45) is 2.63. The number of nitrogens with zero attached hydrogens (tertiary/aromatic N) is 2. The number of carboxylic acids is 1. The molecule has 26 heavy (non-hydrogen) atoms. The number of nitro benzene ring substituents is 1. The minimum Gasteiger partial charge on any atom is -0.478 e. The highest BCUT2D eigenvalue weighted by atomic mass is 79.9. The third-order valence-electron chi connectivity index (χ3n) is 3.00. The molecule has 0 radical (unpaired) electrons. The Morgan fingerprint density at radius 1 is 1.38 bits per heavy atom. The first-order valence-electron chi connectivity index (χ1n) is 7.81. The number of amides is 1. The highest BCUT2D eigenvalue weighted by molar-refractivity contribution is 9.10. The van der Waals surface area contributed by atoms with Gasteiger partial charge in [-0.15, -0.1) is 0 Å². The Hall–Kier alpha value is -2.26. The van der Waals surface area contributed by atoms with Gasteiger partial charge in [0, 0.05) is 22.7 Å². The van der Waals surface area contributed by atoms with Crippen LogP contribution in [0.2, 0.25) is 0 Å². The number of rotatable bonds is 8. The number of benzene rings is 1. The molecule has 0 aromatic heterocycles. The second kappa shape index (κ2) is 9.44. The van der Waals surface area contributed by atoms with E-state index >= 15 is 0 Å². The van der Waals surface area contributed by atoms with E-state index in [1.807, 2.05) is 0 Å². The molecular formula is C17H21BrN2O6. The summed E-state index contributed by atoms with van der Waals surface area (Å²) in [6, 6.07) is 4.20. The summed E-state index contributed by atoms with van der Waals surface area (Å²) in [5.41, 5.74) is -0.275. The quantitative estimate of drug-likeness (QED) is 0.385. The first-order chi connectivity index (χ1) is 12.0. The molecule has 0 fully saturated rings. The van der Waals surface area contributed by atoms with Crippen LogP contribution in [0.15, 0.2) is 34.8 Å². The first-order valence-corrected chi connectivity index (χ1v) is 8.60. The fourth-order valence-electron chi connectivity index (χ4n) is 1.99. The number of hydrogen-bond donors (Lipinski definition) is 1. The number of carbonyl (C=O) groups excluding carboxylic acids is 1. The Morgan fingerprint density at radius 2 is 2.04 bits per heavy atom. The zero-order valence-corrected chi connectivity index (χ0v) is 16.4. The molecule has 1 N–H and O–H groups in total. The van der Waals surface area contributed by atoms with Crippen molar-refractivity contribution in [1.29, 1.82) is 0 Å². The Kier molecular flexibility index (Phi) is 7.91. The Labute approximate surface area is 159 Å². The van der Waals surface area contributed by atoms with E-state index in [0.717, 1.165) is 11.1 Å². The fraction of sp³-hybridized carbons (Fsp3) is 0.412. The van der Waals surface area contributed by atoms with Crippen LogP contribution < -0.4 is 0 Å². The number of nitro groups is 1. The monoisotopic (exact) mass is 428 g/mol. The predicted molar refractivity (Wildman–Crippen MR) is 98.4 cm³/mol. The van der Waals surface area contributed by atoms with E-state index in [1.54, 1.807) is 20.8 Å². The maximum Gasteiger partial charge on any atom is 0.327 e. The molecule has 1 amide bonds. The molecule has 0 saturated heterocycles. The molecule has 0 spiro atoms. The van der Waals surface area contributed by atoms with Gasteiger partial charge in [0.05, 0.1) is 23.5 Å². The molecule has 0 aliphatic heterocycles. The van der Waals surface area contributed by atoms with E-state index < -0.39 is 16.5 Å². The molecule has 0 saturated carbocycles. The number of halogens is 1. The molecule has 0 aliphatic rings. The van der Waals surface area contributed by atoms with Crippen molar-refractivity contribution in [2.45, 2.75) is 39.2 Å². The second-order valence-corrected chi connectivity index (χ2v) is 7.29. The number of hydroxylamine groups is 2. The van der Waals surface area contributed by atoms with E-state index in [1.165, 1.54) is 24.3 Å². The lowest BCUT2D eigenvalue weighted by Gasteiger charge is -2.29. The van der Waals surface area contributed by atoms with Crippen molar-refractivity contribution in [3.8, 4) is 0 Å². The van der Waals surface area contributed by atoms with Crippen LogP contribution in [-0.2, 0) is 20.8 Å². The minimum atomic E-state index is -1.07. The van der Waals surface area contributed by atoms with Gasteiger partial charge < -0.3 is 5.11 Å². The number of hydrogen-bond acceptors (Lipinski definition) is 5. The van der Waals surface area contributed by atoms with Crippen LogP contribution in [0.25, 0.3) is 0 Å². The smallest absolute Gasteiger partial charge is 0.327 e. The lowest BCUT2D eigenvalue weighted by Crippen LogP contribution is -2.39. The molecule has 8 nitrogen and oxygen atoms in total. The highest BCUT2D eigenvalue weighted by Crippen LogP contribution is 2.24. The molecule has 1 rings (SSSR count). The fourth-order valence-corrected chi connectivity index (χ4v) is 2.38. The van der Waals surface area contributed by atoms with E-state index in [4.69, 9.17) is 9.94 Å². The maximum absolute atomic E-state index is 12.6. The Morgan fingerprint density at radius 3 is 2.58 bits per heavy atom. The summed E-state index contributed by atoms with van der Waals surface area (Å²) < 4.78 is 0.581. The van der Waals surface area contributed by atoms with E-state index in [9.17, 15) is 19.7 Å². The second-order valence-electron chi connectivity index (χ2n) is 6.44. The summed E-state index contributed by atoms with van der Waals surface area (Å²) >= 11 is 3.29. The summed E-state index contributed by atoms with van der Waals surface area (Å²) in [4.78, 5) is 39.2. The van der Waals surface area contributed by atoms with Crippen molar-refractivity contribution in [3.05, 3.63) is 50.5 Å². The molecule has 0 unspecified atom stereocenters. The summed E-state index contributed by atoms with van der Waals surface area (Å²) in [5.74, 6) is -1.45. The molecule has 0 bridgehead atoms. The number of carbonyl (C=O) groups is 2. The molecule has 0 atom stereocenters. The number of carboxylic acid groups (broad SMARTS) is 1. The average Bonchev–Trinajstić information content (AvgIpc) is 2.50. The molecule has 1 aromatic rings. The topological polar surface area (TPSA) is 110 Å². The van der Waals surface area contributed by atoms with Crippen LogP contribution >= 0.6 is 15.9 Å². The van der Waals surface area contributed by atoms with Crippen molar-refractivity contribution in [1.82, 2.24) is 5.06 Å². The van der Waals surface area contributed by atoms with Crippen molar-refractivity contribution < 1.29 is 24.5 Å². The normalized spacial score (nSPS) is 11.5. The largest absolute Gasteiger partial charge is 0.478 e. The van der Waals surface area contributed by atoms with Crippen LogP contribution in [0.3, 0.4) is 0 Å². The number of aliphatic carboxylic acids is 1. The summed E-state index contributed by atoms with van der Waals surface area (Å²) in [6.45, 7) is 5.50. The highest BCUT2D eigenvalue weighted by Gasteiger charge is 2.23. The van der Waals surface area contributed by atoms with Gasteiger partial charge in [-0.05, 0) is 38.8 Å². The van der Waals surface area contributed by atoms with Gasteiger partial charge in [0.1, 0.15) is 0 Å². The van der Waals surface area contributed by atoms with Crippen molar-refractivity contribution >= 4 is 33.5 Å². The Balaban J connectivity index is 2.92. The van der Waals surface area contributed by atoms with Gasteiger partial charge >= 0.3 is 5.97 Å². The van der Waals surface area contributed by atoms with E-state index in [-0.39, 0.29) is 24.6 Å². The van der Waals surface area contributed by atoms with Gasteiger partial charge in [0.25, 0.3) is 11.6 Å². The van der Waals surface area contributed by atoms with Crippen LogP contribution in [0.1, 0.15) is 32.8 Å². The van der Waals surface area contributed by atoms with Gasteiger partial charge in [-0.3, -0.25) is 19.7 Å². The van der Waals surface area contributed by atoms with Crippen molar-refractivity contribution in [2.24, 2.45) is 0 Å². The van der Waals surface area contributed by atoms with Crippen LogP contribution in [0, 0.1) is 10.1 Å². The van der Waals surface area contributed by atoms with Gasteiger partial charge in [-0.1, -0.05) is 22.0 Å². The van der Waals surface area contributed by atoms with E-state index in [0.29, 0.717) is 16.5 Å². The zero-order valence-electron chi connectivity index (χ0n) is 14.8. The maximum atomic E-state index is 12.6. The summed E-state index contributed by atoms with van der Waals surface area (Å²) in [5, 5.41) is 20.7. The number of non-ortho nitro benzene ring substituents is 1. The minimum absolute atomic E-state index is 0.0962. The molecule has 0 aliphatic carbocycles. The van der Waals surface area contributed by atoms with Gasteiger partial charge in [-0.25, -0.2) is 9.86 Å². The van der Waals surface area contributed by atoms with Crippen LogP contribution in [0.5, 0.6) is 0 Å². The van der Waals surface area contributed by atoms with Crippen molar-refractivity contribution in [2.75, 3.05) is 6.54 Å². The standard InChI is InChI=1S/C17H21BrN2O6/c1-17(2,3)26-19(9-5-4-6-16(22)23)15(21)11-12-10-13(20(24)25)7-8-14(12)18/h4,6-8,10H,5,9,11H2,1-3H3,(H,22,23)/b6-4+. The molecule has 9 heteroatoms. The molecule has 1 aromatic carbocycles. The van der Waals surface area contributed by atoms with Crippen LogP contribution in [-0.4, -0.2) is 39.1 Å². The summed E-state index contributed by atoms with van der Waals surface area (Å²) in [7, 11) is 0. The van der Waals surface area contributed by atoms with Crippen molar-refractivity contribution in [3.63, 3.8) is 0 Å². The van der Waals surface area contributed by atoms with E-state index in [2.05, 4.69) is 15.9 Å². The molecule has 142 valence electrons. The lowest BCUT2D eigenvalue weighted by molar-refractivity contribution is -0.384. The molecular weight excluding hydrogens is 408 g/mol. The van der Waals surface area contributed by atoms with Gasteiger partial charge in [-0.2, -0.15) is 0 Å². The van der Waals surface area contributed by atoms with Crippen LogP contribution in [0.4, 0.5) is 5.69 Å². The SMILES string of the molecule is CC(C)(C)ON(CC/C=C/C(=O)O)C(=O)Cc1cc([N+](=O)[O-])ccc1Br. The average molecular weight is 429 g/mol. The zero-order chi connectivity index (χ0) is 19.9.